The SMILES string of the molecule is COC(=O)c1ccc(COC(=O)CNC(C)=O)cc1. The summed E-state index contributed by atoms with van der Waals surface area (Å²) in [5.74, 6) is -1.24. The number of carbonyl (C=O) groups is 3. The molecule has 0 saturated carbocycles. The van der Waals surface area contributed by atoms with Crippen LogP contribution in [0.2, 0.25) is 0 Å². The van der Waals surface area contributed by atoms with Crippen molar-refractivity contribution in [2.75, 3.05) is 13.7 Å². The molecule has 0 aliphatic heterocycles. The van der Waals surface area contributed by atoms with Crippen LogP contribution in [0.3, 0.4) is 0 Å². The van der Waals surface area contributed by atoms with Crippen LogP contribution >= 0.6 is 0 Å². The minimum absolute atomic E-state index is 0.0832. The quantitative estimate of drug-likeness (QED) is 0.790. The second-order valence-corrected chi connectivity index (χ2v) is 3.76. The minimum atomic E-state index is -0.521. The predicted molar refractivity (Wildman–Crippen MR) is 66.3 cm³/mol. The zero-order chi connectivity index (χ0) is 14.3. The predicted octanol–water partition coefficient (Wildman–Crippen LogP) is 0.652. The smallest absolute Gasteiger partial charge is 0.337 e. The summed E-state index contributed by atoms with van der Waals surface area (Å²) in [6.45, 7) is 1.24. The second kappa shape index (κ2) is 7.15. The molecule has 1 rings (SSSR count). The number of methoxy groups -OCH3 is 1. The second-order valence-electron chi connectivity index (χ2n) is 3.76. The van der Waals surface area contributed by atoms with Crippen molar-refractivity contribution in [1.29, 1.82) is 0 Å². The highest BCUT2D eigenvalue weighted by Crippen LogP contribution is 2.06. The first-order valence-corrected chi connectivity index (χ1v) is 5.60. The number of benzene rings is 1. The number of ether oxygens (including phenoxy) is 2. The van der Waals surface area contributed by atoms with Crippen molar-refractivity contribution in [3.05, 3.63) is 35.4 Å². The van der Waals surface area contributed by atoms with Crippen molar-refractivity contribution in [1.82, 2.24) is 5.32 Å². The number of nitrogens with one attached hydrogen (secondary N) is 1. The Labute approximate surface area is 110 Å². The summed E-state index contributed by atoms with van der Waals surface area (Å²) in [5, 5.41) is 2.34. The molecule has 0 spiro atoms. The molecule has 0 bridgehead atoms. The lowest BCUT2D eigenvalue weighted by atomic mass is 10.1. The highest BCUT2D eigenvalue weighted by molar-refractivity contribution is 5.89. The van der Waals surface area contributed by atoms with E-state index in [1.165, 1.54) is 14.0 Å². The molecule has 6 heteroatoms. The van der Waals surface area contributed by atoms with Gasteiger partial charge < -0.3 is 14.8 Å². The molecule has 1 N–H and O–H groups in total. The fourth-order valence-electron chi connectivity index (χ4n) is 1.27. The van der Waals surface area contributed by atoms with E-state index in [1.807, 2.05) is 0 Å². The molecule has 0 aliphatic rings. The highest BCUT2D eigenvalue weighted by Gasteiger charge is 2.06. The average molecular weight is 265 g/mol. The molecule has 0 saturated heterocycles. The Balaban J connectivity index is 2.43. The molecule has 1 aromatic carbocycles. The van der Waals surface area contributed by atoms with E-state index < -0.39 is 11.9 Å². The summed E-state index contributed by atoms with van der Waals surface area (Å²) in [6, 6.07) is 6.50. The van der Waals surface area contributed by atoms with E-state index >= 15 is 0 Å². The lowest BCUT2D eigenvalue weighted by Gasteiger charge is -2.06. The molecular weight excluding hydrogens is 250 g/mol. The van der Waals surface area contributed by atoms with Crippen molar-refractivity contribution in [3.63, 3.8) is 0 Å². The van der Waals surface area contributed by atoms with Gasteiger partial charge in [0.1, 0.15) is 13.2 Å². The van der Waals surface area contributed by atoms with Crippen LogP contribution in [0.4, 0.5) is 0 Å². The van der Waals surface area contributed by atoms with Crippen LogP contribution in [0.15, 0.2) is 24.3 Å². The first kappa shape index (κ1) is 14.7. The van der Waals surface area contributed by atoms with Crippen molar-refractivity contribution < 1.29 is 23.9 Å². The van der Waals surface area contributed by atoms with E-state index in [4.69, 9.17) is 4.74 Å². The van der Waals surface area contributed by atoms with Crippen LogP contribution in [0.5, 0.6) is 0 Å². The lowest BCUT2D eigenvalue weighted by Crippen LogP contribution is -2.28. The average Bonchev–Trinajstić information content (AvgIpc) is 2.42. The molecule has 6 nitrogen and oxygen atoms in total. The van der Waals surface area contributed by atoms with Crippen LogP contribution < -0.4 is 5.32 Å². The molecule has 0 unspecified atom stereocenters. The van der Waals surface area contributed by atoms with Gasteiger partial charge in [0.15, 0.2) is 0 Å². The number of carbonyl (C=O) groups excluding carboxylic acids is 3. The van der Waals surface area contributed by atoms with Crippen molar-refractivity contribution in [2.24, 2.45) is 0 Å². The van der Waals surface area contributed by atoms with Crippen molar-refractivity contribution in [3.8, 4) is 0 Å². The first-order chi connectivity index (χ1) is 9.02. The van der Waals surface area contributed by atoms with E-state index in [1.54, 1.807) is 24.3 Å². The summed E-state index contributed by atoms with van der Waals surface area (Å²) in [6.07, 6.45) is 0. The van der Waals surface area contributed by atoms with Gasteiger partial charge in [-0.25, -0.2) is 4.79 Å². The Bertz CT molecular complexity index is 466. The maximum absolute atomic E-state index is 11.2. The molecule has 0 atom stereocenters. The lowest BCUT2D eigenvalue weighted by molar-refractivity contribution is -0.145. The van der Waals surface area contributed by atoms with E-state index in [0.717, 1.165) is 5.56 Å². The van der Waals surface area contributed by atoms with Gasteiger partial charge in [-0.1, -0.05) is 12.1 Å². The number of hydrogen-bond donors (Lipinski definition) is 1. The molecule has 0 aromatic heterocycles. The van der Waals surface area contributed by atoms with Crippen LogP contribution in [0.1, 0.15) is 22.8 Å². The molecule has 102 valence electrons. The Morgan fingerprint density at radius 2 is 1.79 bits per heavy atom. The largest absolute Gasteiger partial charge is 0.465 e. The van der Waals surface area contributed by atoms with Crippen LogP contribution in [-0.2, 0) is 25.7 Å². The Kier molecular flexibility index (Phi) is 5.53. The van der Waals surface area contributed by atoms with Crippen LogP contribution in [0, 0.1) is 0 Å². The molecule has 0 radical (unpaired) electrons. The zero-order valence-corrected chi connectivity index (χ0v) is 10.8. The summed E-state index contributed by atoms with van der Waals surface area (Å²) in [4.78, 5) is 33.0. The standard InChI is InChI=1S/C13H15NO5/c1-9(15)14-7-12(16)19-8-10-3-5-11(6-4-10)13(17)18-2/h3-6H,7-8H2,1-2H3,(H,14,15). The Morgan fingerprint density at radius 1 is 1.16 bits per heavy atom. The van der Waals surface area contributed by atoms with E-state index in [9.17, 15) is 14.4 Å². The number of rotatable bonds is 5. The molecular formula is C13H15NO5. The van der Waals surface area contributed by atoms with E-state index in [2.05, 4.69) is 10.1 Å². The van der Waals surface area contributed by atoms with Crippen LogP contribution in [0.25, 0.3) is 0 Å². The van der Waals surface area contributed by atoms with Crippen molar-refractivity contribution >= 4 is 17.8 Å². The third-order valence-electron chi connectivity index (χ3n) is 2.26. The maximum Gasteiger partial charge on any atom is 0.337 e. The molecule has 19 heavy (non-hydrogen) atoms. The van der Waals surface area contributed by atoms with Crippen LogP contribution in [-0.4, -0.2) is 31.5 Å². The highest BCUT2D eigenvalue weighted by atomic mass is 16.5. The van der Waals surface area contributed by atoms with Gasteiger partial charge in [-0.3, -0.25) is 9.59 Å². The van der Waals surface area contributed by atoms with Gasteiger partial charge in [-0.15, -0.1) is 0 Å². The summed E-state index contributed by atoms with van der Waals surface area (Å²) >= 11 is 0. The van der Waals surface area contributed by atoms with Gasteiger partial charge in [-0.05, 0) is 17.7 Å². The first-order valence-electron chi connectivity index (χ1n) is 5.60. The summed E-state index contributed by atoms with van der Waals surface area (Å²) < 4.78 is 9.50. The van der Waals surface area contributed by atoms with Gasteiger partial charge >= 0.3 is 11.9 Å². The Morgan fingerprint density at radius 3 is 2.32 bits per heavy atom. The van der Waals surface area contributed by atoms with Crippen molar-refractivity contribution in [2.45, 2.75) is 13.5 Å². The molecule has 0 heterocycles. The van der Waals surface area contributed by atoms with E-state index in [-0.39, 0.29) is 19.1 Å². The molecule has 1 amide bonds. The summed E-state index contributed by atoms with van der Waals surface area (Å²) in [7, 11) is 1.31. The van der Waals surface area contributed by atoms with Gasteiger partial charge in [0.25, 0.3) is 0 Å². The Hall–Kier alpha value is -2.37. The zero-order valence-electron chi connectivity index (χ0n) is 10.8. The number of hydrogen-bond acceptors (Lipinski definition) is 5. The summed E-state index contributed by atoms with van der Waals surface area (Å²) in [5.41, 5.74) is 1.17. The maximum atomic E-state index is 11.2. The molecule has 0 fully saturated rings. The third kappa shape index (κ3) is 5.20. The van der Waals surface area contributed by atoms with Gasteiger partial charge in [0.2, 0.25) is 5.91 Å². The topological polar surface area (TPSA) is 81.7 Å². The normalized spacial score (nSPS) is 9.58. The monoisotopic (exact) mass is 265 g/mol. The van der Waals surface area contributed by atoms with Gasteiger partial charge in [0.05, 0.1) is 12.7 Å². The number of esters is 2. The van der Waals surface area contributed by atoms with Gasteiger partial charge in [-0.2, -0.15) is 0 Å². The molecule has 0 aliphatic carbocycles. The van der Waals surface area contributed by atoms with E-state index in [0.29, 0.717) is 5.56 Å². The van der Waals surface area contributed by atoms with Gasteiger partial charge in [0, 0.05) is 6.92 Å². The fraction of sp³-hybridized carbons (Fsp3) is 0.308. The molecule has 1 aromatic rings. The third-order valence-corrected chi connectivity index (χ3v) is 2.26. The minimum Gasteiger partial charge on any atom is -0.465 e. The fourth-order valence-corrected chi connectivity index (χ4v) is 1.27. The number of amides is 1.